The molecule has 3 N–H and O–H groups in total. The number of carboxylic acids is 1. The van der Waals surface area contributed by atoms with Crippen molar-refractivity contribution in [1.29, 1.82) is 0 Å². The molecule has 0 aliphatic rings. The van der Waals surface area contributed by atoms with Crippen molar-refractivity contribution >= 4 is 11.7 Å². The van der Waals surface area contributed by atoms with Gasteiger partial charge in [-0.1, -0.05) is 6.92 Å². The maximum absolute atomic E-state index is 11.2. The second-order valence-electron chi connectivity index (χ2n) is 4.73. The van der Waals surface area contributed by atoms with Crippen LogP contribution in [0.3, 0.4) is 0 Å². The fourth-order valence-electron chi connectivity index (χ4n) is 1.84. The number of hydrogen-bond acceptors (Lipinski definition) is 4. The average molecular weight is 267 g/mol. The van der Waals surface area contributed by atoms with Crippen molar-refractivity contribution in [2.75, 3.05) is 19.0 Å². The Morgan fingerprint density at radius 3 is 2.63 bits per heavy atom. The zero-order chi connectivity index (χ0) is 14.5. The molecule has 0 saturated heterocycles. The monoisotopic (exact) mass is 267 g/mol. The van der Waals surface area contributed by atoms with Crippen molar-refractivity contribution in [1.82, 2.24) is 0 Å². The molecular weight excluding hydrogens is 246 g/mol. The van der Waals surface area contributed by atoms with E-state index in [4.69, 9.17) is 9.84 Å². The van der Waals surface area contributed by atoms with Crippen LogP contribution in [0.4, 0.5) is 5.69 Å². The quantitative estimate of drug-likeness (QED) is 0.706. The minimum absolute atomic E-state index is 0.0454. The topological polar surface area (TPSA) is 78.8 Å². The molecule has 1 aromatic rings. The van der Waals surface area contributed by atoms with E-state index >= 15 is 0 Å². The van der Waals surface area contributed by atoms with E-state index in [-0.39, 0.29) is 17.7 Å². The number of aliphatic hydroxyl groups is 1. The molecule has 0 heterocycles. The average Bonchev–Trinajstić information content (AvgIpc) is 2.38. The van der Waals surface area contributed by atoms with Gasteiger partial charge >= 0.3 is 5.97 Å². The molecule has 5 nitrogen and oxygen atoms in total. The summed E-state index contributed by atoms with van der Waals surface area (Å²) in [7, 11) is 1.53. The molecule has 5 heteroatoms. The van der Waals surface area contributed by atoms with Gasteiger partial charge in [-0.05, 0) is 31.9 Å². The molecule has 0 aromatic heterocycles. The summed E-state index contributed by atoms with van der Waals surface area (Å²) in [6, 6.07) is 4.79. The first-order valence-electron chi connectivity index (χ1n) is 6.26. The fraction of sp³-hybridized carbons (Fsp3) is 0.500. The van der Waals surface area contributed by atoms with Crippen LogP contribution < -0.4 is 10.1 Å². The smallest absolute Gasteiger partial charge is 0.337 e. The number of nitrogens with one attached hydrogen (secondary N) is 1. The normalized spacial score (nSPS) is 13.7. The van der Waals surface area contributed by atoms with Crippen LogP contribution in [0.25, 0.3) is 0 Å². The van der Waals surface area contributed by atoms with Gasteiger partial charge in [-0.25, -0.2) is 4.79 Å². The molecule has 1 atom stereocenters. The van der Waals surface area contributed by atoms with E-state index < -0.39 is 5.97 Å². The van der Waals surface area contributed by atoms with Gasteiger partial charge in [0.1, 0.15) is 5.75 Å². The predicted octanol–water partition coefficient (Wildman–Crippen LogP) is 2.36. The zero-order valence-corrected chi connectivity index (χ0v) is 11.6. The molecule has 0 fully saturated rings. The van der Waals surface area contributed by atoms with E-state index in [1.807, 2.05) is 13.8 Å². The summed E-state index contributed by atoms with van der Waals surface area (Å²) >= 11 is 0. The predicted molar refractivity (Wildman–Crippen MR) is 74.0 cm³/mol. The van der Waals surface area contributed by atoms with Crippen LogP contribution in [0, 0.1) is 0 Å². The highest BCUT2D eigenvalue weighted by atomic mass is 16.5. The minimum atomic E-state index is -0.993. The van der Waals surface area contributed by atoms with Gasteiger partial charge in [-0.3, -0.25) is 0 Å². The number of anilines is 1. The van der Waals surface area contributed by atoms with Gasteiger partial charge in [-0.15, -0.1) is 0 Å². The zero-order valence-electron chi connectivity index (χ0n) is 11.6. The Balaban J connectivity index is 3.12. The second kappa shape index (κ2) is 6.43. The Morgan fingerprint density at radius 1 is 1.47 bits per heavy atom. The third-order valence-corrected chi connectivity index (χ3v) is 3.34. The molecule has 0 aliphatic carbocycles. The lowest BCUT2D eigenvalue weighted by atomic mass is 9.94. The van der Waals surface area contributed by atoms with Gasteiger partial charge < -0.3 is 20.3 Å². The van der Waals surface area contributed by atoms with Gasteiger partial charge in [0.15, 0.2) is 0 Å². The minimum Gasteiger partial charge on any atom is -0.497 e. The molecular formula is C14H21NO4. The number of methoxy groups -OCH3 is 1. The van der Waals surface area contributed by atoms with Crippen molar-refractivity contribution < 1.29 is 19.7 Å². The van der Waals surface area contributed by atoms with Crippen LogP contribution in [0.1, 0.15) is 37.0 Å². The van der Waals surface area contributed by atoms with Crippen LogP contribution in [-0.4, -0.2) is 35.4 Å². The number of aromatic carboxylic acids is 1. The van der Waals surface area contributed by atoms with Crippen molar-refractivity contribution in [3.8, 4) is 5.75 Å². The van der Waals surface area contributed by atoms with E-state index in [1.165, 1.54) is 13.2 Å². The number of carbonyl (C=O) groups is 1. The van der Waals surface area contributed by atoms with Gasteiger partial charge in [0.05, 0.1) is 18.4 Å². The fourth-order valence-corrected chi connectivity index (χ4v) is 1.84. The number of hydrogen-bond donors (Lipinski definition) is 3. The molecule has 0 saturated carbocycles. The van der Waals surface area contributed by atoms with E-state index in [2.05, 4.69) is 5.32 Å². The lowest BCUT2D eigenvalue weighted by molar-refractivity contribution is 0.0698. The molecule has 0 amide bonds. The summed E-state index contributed by atoms with van der Waals surface area (Å²) in [6.07, 6.45) is 1.31. The SMILES string of the molecule is CCC(C)(CCO)Nc1cc(OC)ccc1C(=O)O. The van der Waals surface area contributed by atoms with E-state index in [1.54, 1.807) is 12.1 Å². The lowest BCUT2D eigenvalue weighted by Crippen LogP contribution is -2.35. The molecule has 1 unspecified atom stereocenters. The number of aliphatic hydroxyl groups excluding tert-OH is 1. The van der Waals surface area contributed by atoms with Crippen LogP contribution in [0.5, 0.6) is 5.75 Å². The summed E-state index contributed by atoms with van der Waals surface area (Å²) < 4.78 is 5.12. The summed E-state index contributed by atoms with van der Waals surface area (Å²) in [6.45, 7) is 3.99. The van der Waals surface area contributed by atoms with Crippen LogP contribution in [-0.2, 0) is 0 Å². The first-order chi connectivity index (χ1) is 8.95. The summed E-state index contributed by atoms with van der Waals surface area (Å²) in [5.74, 6) is -0.400. The summed E-state index contributed by atoms with van der Waals surface area (Å²) in [5.41, 5.74) is 0.341. The van der Waals surface area contributed by atoms with Crippen LogP contribution >= 0.6 is 0 Å². The highest BCUT2D eigenvalue weighted by molar-refractivity contribution is 5.94. The van der Waals surface area contributed by atoms with Crippen molar-refractivity contribution in [2.45, 2.75) is 32.2 Å². The standard InChI is InChI=1S/C14H21NO4/c1-4-14(2,7-8-16)15-12-9-10(19-3)5-6-11(12)13(17)18/h5-6,9,15-16H,4,7-8H2,1-3H3,(H,17,18). The summed E-state index contributed by atoms with van der Waals surface area (Å²) in [5, 5.41) is 21.5. The number of carboxylic acid groups (broad SMARTS) is 1. The van der Waals surface area contributed by atoms with Crippen molar-refractivity contribution in [2.24, 2.45) is 0 Å². The van der Waals surface area contributed by atoms with Gasteiger partial charge in [0, 0.05) is 18.2 Å². The largest absolute Gasteiger partial charge is 0.497 e. The maximum atomic E-state index is 11.2. The Morgan fingerprint density at radius 2 is 2.16 bits per heavy atom. The third-order valence-electron chi connectivity index (χ3n) is 3.34. The molecule has 0 spiro atoms. The molecule has 0 radical (unpaired) electrons. The summed E-state index contributed by atoms with van der Waals surface area (Å²) in [4.78, 5) is 11.2. The first kappa shape index (κ1) is 15.3. The molecule has 1 aromatic carbocycles. The Bertz CT molecular complexity index is 447. The Hall–Kier alpha value is -1.75. The van der Waals surface area contributed by atoms with Crippen LogP contribution in [0.2, 0.25) is 0 Å². The van der Waals surface area contributed by atoms with Crippen LogP contribution in [0.15, 0.2) is 18.2 Å². The maximum Gasteiger partial charge on any atom is 0.337 e. The molecule has 0 bridgehead atoms. The number of rotatable bonds is 7. The number of ether oxygens (including phenoxy) is 1. The van der Waals surface area contributed by atoms with Crippen molar-refractivity contribution in [3.63, 3.8) is 0 Å². The Kier molecular flexibility index (Phi) is 5.18. The first-order valence-corrected chi connectivity index (χ1v) is 6.26. The molecule has 106 valence electrons. The molecule has 0 aliphatic heterocycles. The molecule has 19 heavy (non-hydrogen) atoms. The van der Waals surface area contributed by atoms with Gasteiger partial charge in [0.25, 0.3) is 0 Å². The van der Waals surface area contributed by atoms with E-state index in [9.17, 15) is 9.90 Å². The Labute approximate surface area is 113 Å². The lowest BCUT2D eigenvalue weighted by Gasteiger charge is -2.31. The highest BCUT2D eigenvalue weighted by Crippen LogP contribution is 2.28. The van der Waals surface area contributed by atoms with Crippen molar-refractivity contribution in [3.05, 3.63) is 23.8 Å². The number of benzene rings is 1. The van der Waals surface area contributed by atoms with Gasteiger partial charge in [-0.2, -0.15) is 0 Å². The van der Waals surface area contributed by atoms with E-state index in [0.29, 0.717) is 17.9 Å². The second-order valence-corrected chi connectivity index (χ2v) is 4.73. The van der Waals surface area contributed by atoms with Gasteiger partial charge in [0.2, 0.25) is 0 Å². The molecule has 1 rings (SSSR count). The third kappa shape index (κ3) is 3.86. The highest BCUT2D eigenvalue weighted by Gasteiger charge is 2.23. The van der Waals surface area contributed by atoms with E-state index in [0.717, 1.165) is 6.42 Å².